The first kappa shape index (κ1) is 12.5. The van der Waals surface area contributed by atoms with Gasteiger partial charge in [0, 0.05) is 18.1 Å². The zero-order chi connectivity index (χ0) is 11.4. The predicted molar refractivity (Wildman–Crippen MR) is 61.7 cm³/mol. The van der Waals surface area contributed by atoms with Gasteiger partial charge in [-0.2, -0.15) is 0 Å². The monoisotopic (exact) mass is 293 g/mol. The minimum Gasteiger partial charge on any atom is -0.332 e. The van der Waals surface area contributed by atoms with Crippen LogP contribution in [0.1, 0.15) is 5.56 Å². The minimum atomic E-state index is -0.537. The summed E-state index contributed by atoms with van der Waals surface area (Å²) in [7, 11) is 1.57. The fourth-order valence-electron chi connectivity index (χ4n) is 1.11. The third-order valence-electron chi connectivity index (χ3n) is 2.02. The molecule has 0 bridgehead atoms. The summed E-state index contributed by atoms with van der Waals surface area (Å²) in [6.07, 6.45) is 0.445. The van der Waals surface area contributed by atoms with Crippen molar-refractivity contribution >= 4 is 32.9 Å². The number of carbonyl (C=O) groups is 1. The maximum Gasteiger partial charge on any atom is 0.316 e. The first-order chi connectivity index (χ1) is 7.00. The standard InChI is InChI=1S/C10H10BrClFNO/c1-14(10(12)15)5-4-7-6-8(11)2-3-9(7)13/h2-3,6H,4-5H2,1H3. The van der Waals surface area contributed by atoms with Crippen molar-refractivity contribution in [3.05, 3.63) is 34.1 Å². The number of halogens is 3. The van der Waals surface area contributed by atoms with Crippen molar-refractivity contribution in [2.75, 3.05) is 13.6 Å². The van der Waals surface area contributed by atoms with Crippen molar-refractivity contribution in [3.8, 4) is 0 Å². The predicted octanol–water partition coefficient (Wildman–Crippen LogP) is 3.42. The first-order valence-electron chi connectivity index (χ1n) is 4.35. The van der Waals surface area contributed by atoms with Crippen molar-refractivity contribution in [2.45, 2.75) is 6.42 Å². The lowest BCUT2D eigenvalue weighted by atomic mass is 10.1. The normalized spacial score (nSPS) is 10.1. The van der Waals surface area contributed by atoms with Crippen molar-refractivity contribution in [3.63, 3.8) is 0 Å². The molecule has 0 spiro atoms. The Morgan fingerprint density at radius 3 is 2.87 bits per heavy atom. The number of carbonyl (C=O) groups excluding carboxylic acids is 1. The van der Waals surface area contributed by atoms with Crippen LogP contribution in [-0.2, 0) is 6.42 Å². The first-order valence-corrected chi connectivity index (χ1v) is 5.52. The lowest BCUT2D eigenvalue weighted by molar-refractivity contribution is 0.232. The molecule has 0 aromatic heterocycles. The maximum absolute atomic E-state index is 13.3. The molecule has 0 unspecified atom stereocenters. The molecule has 0 saturated carbocycles. The maximum atomic E-state index is 13.3. The molecule has 0 aliphatic carbocycles. The number of likely N-dealkylation sites (N-methyl/N-ethyl adjacent to an activating group) is 1. The largest absolute Gasteiger partial charge is 0.332 e. The van der Waals surface area contributed by atoms with Crippen LogP contribution in [0, 0.1) is 5.82 Å². The molecule has 0 saturated heterocycles. The van der Waals surface area contributed by atoms with Crippen molar-refractivity contribution in [1.29, 1.82) is 0 Å². The van der Waals surface area contributed by atoms with Gasteiger partial charge in [-0.25, -0.2) is 4.39 Å². The Hall–Kier alpha value is -0.610. The molecule has 0 atom stereocenters. The second-order valence-electron chi connectivity index (χ2n) is 3.16. The van der Waals surface area contributed by atoms with Gasteiger partial charge in [-0.3, -0.25) is 4.79 Å². The van der Waals surface area contributed by atoms with Crippen LogP contribution in [0.5, 0.6) is 0 Å². The number of rotatable bonds is 3. The average Bonchev–Trinajstić information content (AvgIpc) is 2.18. The Bertz CT molecular complexity index is 372. The van der Waals surface area contributed by atoms with Crippen LogP contribution in [0.3, 0.4) is 0 Å². The van der Waals surface area contributed by atoms with Crippen LogP contribution < -0.4 is 0 Å². The lowest BCUT2D eigenvalue weighted by Crippen LogP contribution is -2.23. The summed E-state index contributed by atoms with van der Waals surface area (Å²) in [5, 5.41) is -0.537. The Kier molecular flexibility index (Phi) is 4.54. The highest BCUT2D eigenvalue weighted by atomic mass is 79.9. The minimum absolute atomic E-state index is 0.270. The van der Waals surface area contributed by atoms with Gasteiger partial charge in [0.05, 0.1) is 0 Å². The van der Waals surface area contributed by atoms with E-state index >= 15 is 0 Å². The van der Waals surface area contributed by atoms with Crippen LogP contribution in [-0.4, -0.2) is 23.9 Å². The van der Waals surface area contributed by atoms with Gasteiger partial charge in [0.25, 0.3) is 0 Å². The van der Waals surface area contributed by atoms with Crippen LogP contribution in [0.25, 0.3) is 0 Å². The molecular formula is C10H10BrClFNO. The SMILES string of the molecule is CN(CCc1cc(Br)ccc1F)C(=O)Cl. The molecule has 82 valence electrons. The van der Waals surface area contributed by atoms with Crippen LogP contribution in [0.4, 0.5) is 9.18 Å². The summed E-state index contributed by atoms with van der Waals surface area (Å²) in [4.78, 5) is 12.0. The number of nitrogens with zero attached hydrogens (tertiary/aromatic N) is 1. The van der Waals surface area contributed by atoms with Gasteiger partial charge >= 0.3 is 5.37 Å². The molecule has 1 amide bonds. The van der Waals surface area contributed by atoms with Crippen molar-refractivity contribution in [2.24, 2.45) is 0 Å². The molecule has 15 heavy (non-hydrogen) atoms. The molecule has 1 aromatic carbocycles. The summed E-state index contributed by atoms with van der Waals surface area (Å²) < 4.78 is 14.1. The lowest BCUT2D eigenvalue weighted by Gasteiger charge is -2.13. The molecule has 5 heteroatoms. The van der Waals surface area contributed by atoms with Crippen molar-refractivity contribution in [1.82, 2.24) is 4.90 Å². The van der Waals surface area contributed by atoms with Gasteiger partial charge in [0.2, 0.25) is 0 Å². The summed E-state index contributed by atoms with van der Waals surface area (Å²) >= 11 is 8.51. The average molecular weight is 295 g/mol. The van der Waals surface area contributed by atoms with E-state index in [0.29, 0.717) is 18.5 Å². The summed E-state index contributed by atoms with van der Waals surface area (Å²) in [6.45, 7) is 0.399. The van der Waals surface area contributed by atoms with Crippen LogP contribution >= 0.6 is 27.5 Å². The second kappa shape index (κ2) is 5.47. The topological polar surface area (TPSA) is 20.3 Å². The van der Waals surface area contributed by atoms with Gasteiger partial charge in [-0.05, 0) is 41.8 Å². The van der Waals surface area contributed by atoms with E-state index in [-0.39, 0.29) is 5.82 Å². The highest BCUT2D eigenvalue weighted by Crippen LogP contribution is 2.16. The number of benzene rings is 1. The van der Waals surface area contributed by atoms with Gasteiger partial charge < -0.3 is 4.90 Å². The van der Waals surface area contributed by atoms with Crippen molar-refractivity contribution < 1.29 is 9.18 Å². The molecule has 1 rings (SSSR count). The number of amides is 1. The molecule has 2 nitrogen and oxygen atoms in total. The fraction of sp³-hybridized carbons (Fsp3) is 0.300. The molecular weight excluding hydrogens is 284 g/mol. The Morgan fingerprint density at radius 2 is 2.27 bits per heavy atom. The third kappa shape index (κ3) is 3.80. The number of hydrogen-bond donors (Lipinski definition) is 0. The molecule has 0 N–H and O–H groups in total. The molecule has 0 fully saturated rings. The molecule has 0 aliphatic heterocycles. The molecule has 0 radical (unpaired) electrons. The Labute approximate surface area is 101 Å². The van der Waals surface area contributed by atoms with E-state index in [1.807, 2.05) is 0 Å². The summed E-state index contributed by atoms with van der Waals surface area (Å²) in [5.41, 5.74) is 0.564. The molecule has 0 aliphatic rings. The van der Waals surface area contributed by atoms with E-state index in [2.05, 4.69) is 15.9 Å². The summed E-state index contributed by atoms with van der Waals surface area (Å²) in [5.74, 6) is -0.270. The second-order valence-corrected chi connectivity index (χ2v) is 4.40. The van der Waals surface area contributed by atoms with Crippen LogP contribution in [0.15, 0.2) is 22.7 Å². The highest BCUT2D eigenvalue weighted by Gasteiger charge is 2.07. The third-order valence-corrected chi connectivity index (χ3v) is 2.81. The smallest absolute Gasteiger partial charge is 0.316 e. The Balaban J connectivity index is 2.65. The van der Waals surface area contributed by atoms with E-state index in [1.165, 1.54) is 11.0 Å². The molecule has 0 heterocycles. The Morgan fingerprint density at radius 1 is 1.60 bits per heavy atom. The fourth-order valence-corrected chi connectivity index (χ4v) is 1.60. The number of hydrogen-bond acceptors (Lipinski definition) is 1. The van der Waals surface area contributed by atoms with E-state index in [9.17, 15) is 9.18 Å². The molecule has 1 aromatic rings. The van der Waals surface area contributed by atoms with E-state index in [4.69, 9.17) is 11.6 Å². The van der Waals surface area contributed by atoms with Gasteiger partial charge in [0.1, 0.15) is 5.82 Å². The van der Waals surface area contributed by atoms with Crippen LogP contribution in [0.2, 0.25) is 0 Å². The quantitative estimate of drug-likeness (QED) is 0.618. The van der Waals surface area contributed by atoms with E-state index < -0.39 is 5.37 Å². The zero-order valence-corrected chi connectivity index (χ0v) is 10.5. The van der Waals surface area contributed by atoms with E-state index in [1.54, 1.807) is 19.2 Å². The zero-order valence-electron chi connectivity index (χ0n) is 8.14. The highest BCUT2D eigenvalue weighted by molar-refractivity contribution is 9.10. The van der Waals surface area contributed by atoms with Gasteiger partial charge in [-0.15, -0.1) is 0 Å². The van der Waals surface area contributed by atoms with Gasteiger partial charge in [-0.1, -0.05) is 15.9 Å². The summed E-state index contributed by atoms with van der Waals surface area (Å²) in [6, 6.07) is 4.72. The van der Waals surface area contributed by atoms with Gasteiger partial charge in [0.15, 0.2) is 0 Å². The van der Waals surface area contributed by atoms with E-state index in [0.717, 1.165) is 4.47 Å².